The molecule has 2 aromatic rings. The summed E-state index contributed by atoms with van der Waals surface area (Å²) in [4.78, 5) is 4.95. The van der Waals surface area contributed by atoms with E-state index in [1.807, 2.05) is 0 Å². The number of halogens is 3. The Bertz CT molecular complexity index is 536. The number of nitrogens with two attached hydrogens (primary N) is 1. The maximum Gasteiger partial charge on any atom is 0.416 e. The molecular weight excluding hydrogens is 263 g/mol. The third-order valence-electron chi connectivity index (χ3n) is 2.27. The molecular formula is C11H10F3N3S. The third kappa shape index (κ3) is 2.87. The highest BCUT2D eigenvalue weighted by Gasteiger charge is 2.30. The van der Waals surface area contributed by atoms with Gasteiger partial charge in [-0.05, 0) is 12.1 Å². The van der Waals surface area contributed by atoms with E-state index >= 15 is 0 Å². The highest BCUT2D eigenvalue weighted by atomic mass is 32.1. The molecule has 0 amide bonds. The van der Waals surface area contributed by atoms with Gasteiger partial charge in [0, 0.05) is 23.2 Å². The van der Waals surface area contributed by atoms with Gasteiger partial charge in [-0.1, -0.05) is 12.1 Å². The molecule has 0 saturated heterocycles. The van der Waals surface area contributed by atoms with Crippen LogP contribution in [-0.2, 0) is 12.7 Å². The van der Waals surface area contributed by atoms with Crippen LogP contribution in [0.15, 0.2) is 30.5 Å². The van der Waals surface area contributed by atoms with Crippen LogP contribution in [0.2, 0.25) is 0 Å². The number of nitrogens with zero attached hydrogens (tertiary/aromatic N) is 1. The van der Waals surface area contributed by atoms with Crippen LogP contribution in [0.5, 0.6) is 0 Å². The molecule has 1 heterocycles. The summed E-state index contributed by atoms with van der Waals surface area (Å²) < 4.78 is 37.7. The van der Waals surface area contributed by atoms with Crippen molar-refractivity contribution in [2.45, 2.75) is 12.7 Å². The molecule has 0 unspecified atom stereocenters. The molecule has 0 aliphatic heterocycles. The van der Waals surface area contributed by atoms with Gasteiger partial charge >= 0.3 is 6.18 Å². The standard InChI is InChI=1S/C11H10F3N3S/c12-11(13,14)8-3-1-2-7(4-8)10-16-5-9(18-10)6-17-15/h1-5,17H,6,15H2. The number of nitrogens with one attached hydrogen (secondary N) is 1. The van der Waals surface area contributed by atoms with E-state index in [9.17, 15) is 13.2 Å². The average molecular weight is 273 g/mol. The topological polar surface area (TPSA) is 50.9 Å². The minimum absolute atomic E-state index is 0.441. The van der Waals surface area contributed by atoms with Gasteiger partial charge in [-0.15, -0.1) is 11.3 Å². The lowest BCUT2D eigenvalue weighted by Gasteiger charge is -2.07. The molecule has 0 radical (unpaired) electrons. The lowest BCUT2D eigenvalue weighted by atomic mass is 10.1. The molecule has 2 rings (SSSR count). The van der Waals surface area contributed by atoms with E-state index in [1.54, 1.807) is 12.3 Å². The fourth-order valence-corrected chi connectivity index (χ4v) is 2.31. The van der Waals surface area contributed by atoms with Crippen molar-refractivity contribution in [2.75, 3.05) is 0 Å². The van der Waals surface area contributed by atoms with Gasteiger partial charge in [-0.2, -0.15) is 13.2 Å². The lowest BCUT2D eigenvalue weighted by molar-refractivity contribution is -0.137. The zero-order chi connectivity index (χ0) is 13.2. The van der Waals surface area contributed by atoms with E-state index in [-0.39, 0.29) is 0 Å². The molecule has 0 saturated carbocycles. The Labute approximate surface area is 105 Å². The second-order valence-corrected chi connectivity index (χ2v) is 4.71. The molecule has 1 aromatic carbocycles. The number of hydrazine groups is 1. The van der Waals surface area contributed by atoms with Crippen LogP contribution in [-0.4, -0.2) is 4.98 Å². The predicted molar refractivity (Wildman–Crippen MR) is 63.6 cm³/mol. The summed E-state index contributed by atoms with van der Waals surface area (Å²) in [5.74, 6) is 5.17. The first-order valence-corrected chi connectivity index (χ1v) is 5.88. The van der Waals surface area contributed by atoms with Crippen LogP contribution >= 0.6 is 11.3 Å². The smallest absolute Gasteiger partial charge is 0.271 e. The van der Waals surface area contributed by atoms with E-state index in [0.29, 0.717) is 17.1 Å². The Hall–Kier alpha value is -1.44. The Morgan fingerprint density at radius 3 is 2.78 bits per heavy atom. The van der Waals surface area contributed by atoms with Crippen molar-refractivity contribution in [2.24, 2.45) is 5.84 Å². The van der Waals surface area contributed by atoms with E-state index < -0.39 is 11.7 Å². The van der Waals surface area contributed by atoms with Gasteiger partial charge in [0.25, 0.3) is 0 Å². The van der Waals surface area contributed by atoms with Crippen LogP contribution in [0.4, 0.5) is 13.2 Å². The Balaban J connectivity index is 2.32. The molecule has 3 N–H and O–H groups in total. The van der Waals surface area contributed by atoms with E-state index in [2.05, 4.69) is 10.4 Å². The molecule has 3 nitrogen and oxygen atoms in total. The molecule has 0 spiro atoms. The minimum atomic E-state index is -4.34. The van der Waals surface area contributed by atoms with Gasteiger partial charge < -0.3 is 0 Å². The van der Waals surface area contributed by atoms with Crippen molar-refractivity contribution in [3.8, 4) is 10.6 Å². The summed E-state index contributed by atoms with van der Waals surface area (Å²) >= 11 is 1.31. The quantitative estimate of drug-likeness (QED) is 0.668. The maximum atomic E-state index is 12.6. The summed E-state index contributed by atoms with van der Waals surface area (Å²) in [5, 5.41) is 0.548. The van der Waals surface area contributed by atoms with Gasteiger partial charge in [0.1, 0.15) is 5.01 Å². The SMILES string of the molecule is NNCc1cnc(-c2cccc(C(F)(F)F)c2)s1. The van der Waals surface area contributed by atoms with Crippen molar-refractivity contribution < 1.29 is 13.2 Å². The second kappa shape index (κ2) is 5.05. The van der Waals surface area contributed by atoms with E-state index in [0.717, 1.165) is 17.0 Å². The average Bonchev–Trinajstić information content (AvgIpc) is 2.77. The lowest BCUT2D eigenvalue weighted by Crippen LogP contribution is -2.19. The Morgan fingerprint density at radius 2 is 2.11 bits per heavy atom. The molecule has 0 fully saturated rings. The van der Waals surface area contributed by atoms with Crippen molar-refractivity contribution in [1.29, 1.82) is 0 Å². The van der Waals surface area contributed by atoms with Gasteiger partial charge in [0.2, 0.25) is 0 Å². The van der Waals surface area contributed by atoms with Gasteiger partial charge in [0.05, 0.1) is 5.56 Å². The van der Waals surface area contributed by atoms with Gasteiger partial charge in [-0.3, -0.25) is 11.3 Å². The largest absolute Gasteiger partial charge is 0.416 e. The molecule has 1 aromatic heterocycles. The summed E-state index contributed by atoms with van der Waals surface area (Å²) in [6.45, 7) is 0.441. The van der Waals surface area contributed by atoms with Gasteiger partial charge in [-0.25, -0.2) is 4.98 Å². The van der Waals surface area contributed by atoms with Crippen molar-refractivity contribution in [3.05, 3.63) is 40.9 Å². The van der Waals surface area contributed by atoms with Crippen LogP contribution in [0, 0.1) is 0 Å². The first-order chi connectivity index (χ1) is 8.50. The summed E-state index contributed by atoms with van der Waals surface area (Å²) in [6, 6.07) is 5.12. The van der Waals surface area contributed by atoms with E-state index in [4.69, 9.17) is 5.84 Å². The number of benzene rings is 1. The molecule has 0 bridgehead atoms. The Kier molecular flexibility index (Phi) is 3.65. The molecule has 7 heteroatoms. The third-order valence-corrected chi connectivity index (χ3v) is 3.31. The van der Waals surface area contributed by atoms with E-state index in [1.165, 1.54) is 17.4 Å². The molecule has 0 atom stereocenters. The van der Waals surface area contributed by atoms with Gasteiger partial charge in [0.15, 0.2) is 0 Å². The zero-order valence-electron chi connectivity index (χ0n) is 9.16. The molecule has 96 valence electrons. The first-order valence-electron chi connectivity index (χ1n) is 5.06. The summed E-state index contributed by atoms with van der Waals surface area (Å²) in [6.07, 6.45) is -2.74. The number of hydrogen-bond donors (Lipinski definition) is 2. The zero-order valence-corrected chi connectivity index (χ0v) is 9.98. The maximum absolute atomic E-state index is 12.6. The van der Waals surface area contributed by atoms with Crippen LogP contribution in [0.25, 0.3) is 10.6 Å². The highest BCUT2D eigenvalue weighted by molar-refractivity contribution is 7.15. The van der Waals surface area contributed by atoms with Crippen molar-refractivity contribution in [3.63, 3.8) is 0 Å². The monoisotopic (exact) mass is 273 g/mol. The first kappa shape index (κ1) is 13.0. The summed E-state index contributed by atoms with van der Waals surface area (Å²) in [7, 11) is 0. The summed E-state index contributed by atoms with van der Waals surface area (Å²) in [5.41, 5.74) is 2.26. The van der Waals surface area contributed by atoms with Crippen molar-refractivity contribution >= 4 is 11.3 Å². The van der Waals surface area contributed by atoms with Crippen LogP contribution < -0.4 is 11.3 Å². The highest BCUT2D eigenvalue weighted by Crippen LogP contribution is 2.33. The number of alkyl halides is 3. The Morgan fingerprint density at radius 1 is 1.33 bits per heavy atom. The number of aromatic nitrogens is 1. The van der Waals surface area contributed by atoms with Crippen LogP contribution in [0.1, 0.15) is 10.4 Å². The molecule has 18 heavy (non-hydrogen) atoms. The fourth-order valence-electron chi connectivity index (χ4n) is 1.45. The molecule has 0 aliphatic rings. The normalized spacial score (nSPS) is 11.8. The number of hydrogen-bond acceptors (Lipinski definition) is 4. The predicted octanol–water partition coefficient (Wildman–Crippen LogP) is 2.79. The second-order valence-electron chi connectivity index (χ2n) is 3.59. The molecule has 0 aliphatic carbocycles. The minimum Gasteiger partial charge on any atom is -0.271 e. The number of rotatable bonds is 3. The van der Waals surface area contributed by atoms with Crippen molar-refractivity contribution in [1.82, 2.24) is 10.4 Å². The fraction of sp³-hybridized carbons (Fsp3) is 0.182. The number of thiazole rings is 1. The van der Waals surface area contributed by atoms with Crippen LogP contribution in [0.3, 0.4) is 0 Å².